The van der Waals surface area contributed by atoms with Gasteiger partial charge >= 0.3 is 0 Å². The first-order valence-electron chi connectivity index (χ1n) is 8.46. The number of nitrogens with zero attached hydrogens (tertiary/aromatic N) is 2. The van der Waals surface area contributed by atoms with Crippen molar-refractivity contribution in [1.82, 2.24) is 15.2 Å². The predicted octanol–water partition coefficient (Wildman–Crippen LogP) is 2.00. The molecule has 1 aromatic heterocycles. The van der Waals surface area contributed by atoms with Crippen molar-refractivity contribution in [2.45, 2.75) is 25.9 Å². The number of aryl methyl sites for hydroxylation is 1. The summed E-state index contributed by atoms with van der Waals surface area (Å²) in [6.07, 6.45) is 3.71. The van der Waals surface area contributed by atoms with E-state index in [0.717, 1.165) is 43.2 Å². The first kappa shape index (κ1) is 18.6. The van der Waals surface area contributed by atoms with E-state index in [4.69, 9.17) is 4.74 Å². The molecule has 0 aliphatic carbocycles. The summed E-state index contributed by atoms with van der Waals surface area (Å²) in [5.74, 6) is 1.61. The highest BCUT2D eigenvalue weighted by atomic mass is 16.5. The van der Waals surface area contributed by atoms with Crippen LogP contribution in [0.3, 0.4) is 0 Å². The summed E-state index contributed by atoms with van der Waals surface area (Å²) in [5.41, 5.74) is 1.13. The fraction of sp³-hybridized carbons (Fsp3) is 0.368. The molecule has 0 saturated heterocycles. The Hall–Kier alpha value is -2.76. The van der Waals surface area contributed by atoms with Crippen LogP contribution in [0.15, 0.2) is 58.4 Å². The third-order valence-electron chi connectivity index (χ3n) is 3.88. The van der Waals surface area contributed by atoms with Crippen molar-refractivity contribution in [3.05, 3.63) is 64.6 Å². The van der Waals surface area contributed by atoms with Crippen LogP contribution in [0.1, 0.15) is 18.4 Å². The second-order valence-corrected chi connectivity index (χ2v) is 5.60. The molecule has 0 aliphatic heterocycles. The second kappa shape index (κ2) is 10.2. The quantitative estimate of drug-likeness (QED) is 0.437. The van der Waals surface area contributed by atoms with E-state index in [0.29, 0.717) is 6.54 Å². The van der Waals surface area contributed by atoms with E-state index in [1.165, 1.54) is 0 Å². The molecule has 0 amide bonds. The monoisotopic (exact) mass is 342 g/mol. The number of benzene rings is 1. The fourth-order valence-electron chi connectivity index (χ4n) is 2.51. The van der Waals surface area contributed by atoms with E-state index in [-0.39, 0.29) is 5.56 Å². The normalized spacial score (nSPS) is 11.2. The number of hydrogen-bond acceptors (Lipinski definition) is 3. The zero-order valence-electron chi connectivity index (χ0n) is 14.9. The first-order chi connectivity index (χ1) is 12.2. The highest BCUT2D eigenvalue weighted by Gasteiger charge is 2.03. The van der Waals surface area contributed by atoms with Gasteiger partial charge in [-0.25, -0.2) is 0 Å². The number of ether oxygens (including phenoxy) is 1. The molecule has 0 spiro atoms. The molecule has 0 bridgehead atoms. The number of guanidine groups is 1. The fourth-order valence-corrected chi connectivity index (χ4v) is 2.51. The van der Waals surface area contributed by atoms with Crippen molar-refractivity contribution in [2.75, 3.05) is 20.7 Å². The molecule has 25 heavy (non-hydrogen) atoms. The Balaban J connectivity index is 1.70. The summed E-state index contributed by atoms with van der Waals surface area (Å²) in [4.78, 5) is 15.8. The molecule has 134 valence electrons. The Morgan fingerprint density at radius 2 is 1.92 bits per heavy atom. The number of methoxy groups -OCH3 is 1. The van der Waals surface area contributed by atoms with Crippen LogP contribution in [0.2, 0.25) is 0 Å². The van der Waals surface area contributed by atoms with Crippen LogP contribution >= 0.6 is 0 Å². The minimum absolute atomic E-state index is 0.0461. The summed E-state index contributed by atoms with van der Waals surface area (Å²) < 4.78 is 7.08. The van der Waals surface area contributed by atoms with Crippen LogP contribution in [-0.4, -0.2) is 31.2 Å². The maximum atomic E-state index is 11.6. The number of aromatic nitrogens is 1. The molecular formula is C19H26N4O2. The lowest BCUT2D eigenvalue weighted by atomic mass is 10.2. The van der Waals surface area contributed by atoms with Crippen LogP contribution < -0.4 is 20.9 Å². The summed E-state index contributed by atoms with van der Waals surface area (Å²) >= 11 is 0. The van der Waals surface area contributed by atoms with Crippen molar-refractivity contribution >= 4 is 5.96 Å². The van der Waals surface area contributed by atoms with Crippen molar-refractivity contribution < 1.29 is 4.74 Å². The van der Waals surface area contributed by atoms with E-state index >= 15 is 0 Å². The molecule has 0 radical (unpaired) electrons. The molecule has 0 atom stereocenters. The number of pyridine rings is 1. The van der Waals surface area contributed by atoms with Gasteiger partial charge in [0.25, 0.3) is 0 Å². The number of hydrogen-bond donors (Lipinski definition) is 2. The zero-order valence-corrected chi connectivity index (χ0v) is 14.9. The van der Waals surface area contributed by atoms with Gasteiger partial charge in [-0.2, -0.15) is 0 Å². The average Bonchev–Trinajstić information content (AvgIpc) is 2.65. The standard InChI is InChI=1S/C19H26N4O2/c1-20-19(22-15-16-9-3-4-10-17(16)25-2)21-12-6-8-14-23-13-7-5-11-18(23)24/h3-5,7,9-11,13H,6,8,12,14-15H2,1-2H3,(H2,20,21,22). The highest BCUT2D eigenvalue weighted by molar-refractivity contribution is 5.79. The molecule has 1 aromatic carbocycles. The Morgan fingerprint density at radius 3 is 2.68 bits per heavy atom. The Morgan fingerprint density at radius 1 is 1.12 bits per heavy atom. The number of unbranched alkanes of at least 4 members (excludes halogenated alkanes) is 1. The lowest BCUT2D eigenvalue weighted by Crippen LogP contribution is -2.37. The van der Waals surface area contributed by atoms with Gasteiger partial charge in [-0.15, -0.1) is 0 Å². The SMILES string of the molecule is CN=C(NCCCCn1ccccc1=O)NCc1ccccc1OC. The molecule has 2 rings (SSSR count). The van der Waals surface area contributed by atoms with Crippen LogP contribution in [0.5, 0.6) is 5.75 Å². The lowest BCUT2D eigenvalue weighted by molar-refractivity contribution is 0.409. The molecule has 0 saturated carbocycles. The van der Waals surface area contributed by atoms with Crippen molar-refractivity contribution in [2.24, 2.45) is 4.99 Å². The van der Waals surface area contributed by atoms with E-state index in [9.17, 15) is 4.79 Å². The first-order valence-corrected chi connectivity index (χ1v) is 8.46. The van der Waals surface area contributed by atoms with Gasteiger partial charge in [0.15, 0.2) is 5.96 Å². The predicted molar refractivity (Wildman–Crippen MR) is 101 cm³/mol. The summed E-state index contributed by atoms with van der Waals surface area (Å²) in [6.45, 7) is 2.17. The van der Waals surface area contributed by atoms with Gasteiger partial charge in [-0.05, 0) is 25.0 Å². The van der Waals surface area contributed by atoms with Crippen molar-refractivity contribution in [3.63, 3.8) is 0 Å². The minimum atomic E-state index is 0.0461. The van der Waals surface area contributed by atoms with Gasteiger partial charge in [-0.3, -0.25) is 9.79 Å². The topological polar surface area (TPSA) is 67.7 Å². The Bertz CT molecular complexity index is 740. The molecular weight excluding hydrogens is 316 g/mol. The third-order valence-corrected chi connectivity index (χ3v) is 3.88. The van der Waals surface area contributed by atoms with E-state index in [1.54, 1.807) is 30.9 Å². The summed E-state index contributed by atoms with van der Waals surface area (Å²) in [7, 11) is 3.42. The third kappa shape index (κ3) is 5.99. The Kier molecular flexibility index (Phi) is 7.56. The van der Waals surface area contributed by atoms with Crippen LogP contribution in [0, 0.1) is 0 Å². The van der Waals surface area contributed by atoms with Gasteiger partial charge in [0, 0.05) is 44.5 Å². The molecule has 0 fully saturated rings. The highest BCUT2D eigenvalue weighted by Crippen LogP contribution is 2.16. The molecule has 6 heteroatoms. The second-order valence-electron chi connectivity index (χ2n) is 5.60. The van der Waals surface area contributed by atoms with E-state index in [2.05, 4.69) is 15.6 Å². The zero-order chi connectivity index (χ0) is 17.9. The summed E-state index contributed by atoms with van der Waals surface area (Å²) in [5, 5.41) is 6.57. The van der Waals surface area contributed by atoms with Gasteiger partial charge in [0.2, 0.25) is 5.56 Å². The lowest BCUT2D eigenvalue weighted by Gasteiger charge is -2.13. The van der Waals surface area contributed by atoms with Crippen LogP contribution in [0.4, 0.5) is 0 Å². The minimum Gasteiger partial charge on any atom is -0.496 e. The van der Waals surface area contributed by atoms with Crippen LogP contribution in [-0.2, 0) is 13.1 Å². The molecule has 0 unspecified atom stereocenters. The average molecular weight is 342 g/mol. The van der Waals surface area contributed by atoms with Gasteiger partial charge in [0.05, 0.1) is 7.11 Å². The number of aliphatic imine (C=N–C) groups is 1. The van der Waals surface area contributed by atoms with Gasteiger partial charge in [0.1, 0.15) is 5.75 Å². The molecule has 2 aromatic rings. The maximum absolute atomic E-state index is 11.6. The number of para-hydroxylation sites is 1. The largest absolute Gasteiger partial charge is 0.496 e. The van der Waals surface area contributed by atoms with Crippen molar-refractivity contribution in [1.29, 1.82) is 0 Å². The van der Waals surface area contributed by atoms with Gasteiger partial charge in [-0.1, -0.05) is 24.3 Å². The molecule has 0 aliphatic rings. The molecule has 2 N–H and O–H groups in total. The Labute approximate surface area is 148 Å². The number of rotatable bonds is 8. The maximum Gasteiger partial charge on any atom is 0.250 e. The van der Waals surface area contributed by atoms with E-state index < -0.39 is 0 Å². The van der Waals surface area contributed by atoms with Crippen LogP contribution in [0.25, 0.3) is 0 Å². The molecule has 1 heterocycles. The smallest absolute Gasteiger partial charge is 0.250 e. The van der Waals surface area contributed by atoms with Gasteiger partial charge < -0.3 is 19.9 Å². The summed E-state index contributed by atoms with van der Waals surface area (Å²) in [6, 6.07) is 13.1. The number of nitrogens with one attached hydrogen (secondary N) is 2. The van der Waals surface area contributed by atoms with E-state index in [1.807, 2.05) is 36.5 Å². The van der Waals surface area contributed by atoms with Crippen molar-refractivity contribution in [3.8, 4) is 5.75 Å². The molecule has 6 nitrogen and oxygen atoms in total.